The van der Waals surface area contributed by atoms with E-state index in [0.717, 1.165) is 0 Å². The van der Waals surface area contributed by atoms with E-state index in [4.69, 9.17) is 99.5 Å². The largest absolute Gasteiger partial charge is 0.480 e. The Bertz CT molecular complexity index is 2760. The molecule has 21 aliphatic heterocycles. The molecular formula is C56H84O49. The fraction of sp³-hybridized carbons (Fsp3) is 0.875. The number of aliphatic hydroxyl groups is 14. The second-order valence-electron chi connectivity index (χ2n) is 24.5. The van der Waals surface area contributed by atoms with Gasteiger partial charge in [-0.3, -0.25) is 0 Å². The Labute approximate surface area is 588 Å². The minimum Gasteiger partial charge on any atom is -0.480 e. The molecule has 21 N–H and O–H groups in total. The predicted octanol–water partition coefficient (Wildman–Crippen LogP) is -14.5. The van der Waals surface area contributed by atoms with E-state index >= 15 is 0 Å². The SMILES string of the molecule is O=C(O)COC[C@H]1O[C@@H]2O[C@H]3[C@H](O)C(O)[C@@H](O[C@H]4[C@H](OCC(=O)O)[C@@H](O)[C@@H](O[C@H]5[C@H](OCC(=O)O)C(O)[C@@H](O[C@H]6[C@H](OCC(=O)O)C(O)[C@@H](O[C@H]7[C@H](OCC(=O)O)[C@@H](O)[C@@H](O[C@H]8[C@H](O)[C@@H](O)[C@@H](O[C@H]1[C@H](O)[C@H]2O)O[C@@H]8COCC(=O)O)O[C@@H]7CO)O[C@@H]6CO)O[C@@H]5CO)O[C@@H]4CO)O[C@@H]3COCC(=O)O. The maximum Gasteiger partial charge on any atom is 0.329 e. The molecule has 21 fully saturated rings. The van der Waals surface area contributed by atoms with E-state index < -0.39 is 349 Å². The van der Waals surface area contributed by atoms with Crippen LogP contribution in [0, 0.1) is 0 Å². The number of rotatable bonds is 28. The van der Waals surface area contributed by atoms with Crippen molar-refractivity contribution in [2.75, 3.05) is 92.5 Å². The van der Waals surface area contributed by atoms with E-state index in [1.54, 1.807) is 0 Å². The molecule has 0 radical (unpaired) electrons. The van der Waals surface area contributed by atoms with Gasteiger partial charge in [-0.1, -0.05) is 0 Å². The molecule has 3 unspecified atom stereocenters. The lowest BCUT2D eigenvalue weighted by Crippen LogP contribution is -2.69. The molecule has 0 spiro atoms. The second kappa shape index (κ2) is 39.0. The van der Waals surface area contributed by atoms with Gasteiger partial charge in [0.15, 0.2) is 44.0 Å². The monoisotopic (exact) mass is 1540 g/mol. The summed E-state index contributed by atoms with van der Waals surface area (Å²) in [6.45, 7) is -16.8. The average molecular weight is 1540 g/mol. The number of aliphatic carboxylic acids is 7. The average Bonchev–Trinajstić information content (AvgIpc) is 0.790. The third-order valence-corrected chi connectivity index (χ3v) is 17.3. The van der Waals surface area contributed by atoms with Crippen LogP contribution in [0.1, 0.15) is 0 Å². The lowest BCUT2D eigenvalue weighted by atomic mass is 9.94. The molecule has 0 aromatic heterocycles. The van der Waals surface area contributed by atoms with E-state index in [1.807, 2.05) is 0 Å². The zero-order valence-corrected chi connectivity index (χ0v) is 54.4. The molecule has 49 heteroatoms. The maximum absolute atomic E-state index is 12.1. The molecule has 0 aromatic rings. The molecule has 0 aliphatic carbocycles. The van der Waals surface area contributed by atoms with Crippen molar-refractivity contribution < 1.29 is 240 Å². The van der Waals surface area contributed by atoms with E-state index in [0.29, 0.717) is 0 Å². The van der Waals surface area contributed by atoms with Crippen LogP contribution in [0.2, 0.25) is 0 Å². The van der Waals surface area contributed by atoms with Gasteiger partial charge in [-0.2, -0.15) is 0 Å². The summed E-state index contributed by atoms with van der Waals surface area (Å²) >= 11 is 0. The number of aliphatic hydroxyl groups excluding tert-OH is 14. The van der Waals surface area contributed by atoms with Crippen LogP contribution in [0.25, 0.3) is 0 Å². The molecule has 0 aromatic carbocycles. The van der Waals surface area contributed by atoms with Crippen molar-refractivity contribution in [3.8, 4) is 0 Å². The Hall–Kier alpha value is -5.11. The highest BCUT2D eigenvalue weighted by atomic mass is 16.8. The molecule has 105 heavy (non-hydrogen) atoms. The van der Waals surface area contributed by atoms with Crippen molar-refractivity contribution in [1.82, 2.24) is 0 Å². The smallest absolute Gasteiger partial charge is 0.329 e. The summed E-state index contributed by atoms with van der Waals surface area (Å²) in [6, 6.07) is 0. The van der Waals surface area contributed by atoms with Crippen molar-refractivity contribution in [3.05, 3.63) is 0 Å². The van der Waals surface area contributed by atoms with Gasteiger partial charge in [-0.15, -0.1) is 0 Å². The summed E-state index contributed by atoms with van der Waals surface area (Å²) in [5.41, 5.74) is 0. The van der Waals surface area contributed by atoms with E-state index in [1.165, 1.54) is 0 Å². The van der Waals surface area contributed by atoms with Crippen molar-refractivity contribution >= 4 is 41.8 Å². The van der Waals surface area contributed by atoms with Crippen LogP contribution in [-0.4, -0.2) is 456 Å². The highest BCUT2D eigenvalue weighted by Crippen LogP contribution is 2.41. The molecule has 35 atom stereocenters. The summed E-state index contributed by atoms with van der Waals surface area (Å²) in [5.74, 6) is -11.8. The lowest BCUT2D eigenvalue weighted by Gasteiger charge is -2.51. The minimum atomic E-state index is -2.48. The zero-order valence-electron chi connectivity index (χ0n) is 54.4. The molecule has 21 rings (SSSR count). The van der Waals surface area contributed by atoms with Crippen LogP contribution in [0.3, 0.4) is 0 Å². The first kappa shape index (κ1) is 85.5. The summed E-state index contributed by atoms with van der Waals surface area (Å²) in [7, 11) is 0. The molecular weight excluding hydrogens is 1460 g/mol. The van der Waals surface area contributed by atoms with Gasteiger partial charge in [0.2, 0.25) is 0 Å². The van der Waals surface area contributed by atoms with Crippen molar-refractivity contribution in [1.29, 1.82) is 0 Å². The summed E-state index contributed by atoms with van der Waals surface area (Å²) in [4.78, 5) is 83.5. The molecule has 14 bridgehead atoms. The van der Waals surface area contributed by atoms with Crippen LogP contribution in [0.15, 0.2) is 0 Å². The normalized spacial score (nSPS) is 43.5. The standard InChI is InChI=1S/C56H84O49/c57-1-15-42-47(89-12-26(69)70)36(82)54(93-15)104-44-17(3-59)95-56(38(84)49(44)91-14-28(73)74)105-45-18(4-60)94-55(37(83)48(45)90-13-27(71)72)103-43-16(2-58)92-53(35(81)46(43)88-11-25(67)68)101-41-21(7-87-10-24(65)66)97-51(33(79)30(41)76)99-39-19(5-85-8-22(61)62)96-50(32(78)29(39)75)100-40-20(6-86-9-23(63)64)98-52(102-42)34(80)31(40)77/h15-21,29-60,75-84H,1-14H2,(H,61,62)(H,63,64)(H,65,66)(H,67,68)(H,69,70)(H,71,72)(H,73,74)/t15-,16-,17-,18-,19-,20-,21-,29-,30-,31-,32-,33-,34?,35-,36-,37?,38?,39-,40-,41-,42-,43-,44-,45-,46-,47-,48-,49-,50-,51-,52-,53-,54-,55-,56-/m1/s1. The topological polar surface area (TPSA) is 738 Å². The number of carboxylic acid groups (broad SMARTS) is 7. The van der Waals surface area contributed by atoms with E-state index in [-0.39, 0.29) is 0 Å². The summed E-state index contributed by atoms with van der Waals surface area (Å²) < 4.78 is 121. The van der Waals surface area contributed by atoms with Crippen LogP contribution >= 0.6 is 0 Å². The third-order valence-electron chi connectivity index (χ3n) is 17.3. The lowest BCUT2D eigenvalue weighted by molar-refractivity contribution is -0.400. The van der Waals surface area contributed by atoms with Crippen LogP contribution < -0.4 is 0 Å². The number of hydrogen-bond acceptors (Lipinski definition) is 42. The molecule has 21 aliphatic rings. The highest BCUT2D eigenvalue weighted by molar-refractivity contribution is 5.70. The Balaban J connectivity index is 1.23. The Morgan fingerprint density at radius 2 is 0.390 bits per heavy atom. The molecule has 49 nitrogen and oxygen atoms in total. The minimum absolute atomic E-state index is 0.993. The third kappa shape index (κ3) is 21.3. The molecule has 602 valence electrons. The van der Waals surface area contributed by atoms with Crippen molar-refractivity contribution in [2.24, 2.45) is 0 Å². The van der Waals surface area contributed by atoms with Gasteiger partial charge in [0.1, 0.15) is 217 Å². The van der Waals surface area contributed by atoms with Gasteiger partial charge in [-0.25, -0.2) is 33.6 Å². The molecule has 21 saturated heterocycles. The van der Waals surface area contributed by atoms with Crippen LogP contribution in [0.5, 0.6) is 0 Å². The first-order valence-electron chi connectivity index (χ1n) is 31.9. The van der Waals surface area contributed by atoms with Crippen molar-refractivity contribution in [3.63, 3.8) is 0 Å². The number of hydrogen-bond donors (Lipinski definition) is 21. The van der Waals surface area contributed by atoms with Gasteiger partial charge in [0.05, 0.1) is 46.2 Å². The van der Waals surface area contributed by atoms with E-state index in [2.05, 4.69) is 0 Å². The number of carbonyl (C=O) groups is 7. The van der Waals surface area contributed by atoms with Crippen molar-refractivity contribution in [2.45, 2.75) is 215 Å². The van der Waals surface area contributed by atoms with Gasteiger partial charge in [-0.05, 0) is 0 Å². The van der Waals surface area contributed by atoms with Gasteiger partial charge in [0, 0.05) is 0 Å². The fourth-order valence-corrected chi connectivity index (χ4v) is 12.5. The summed E-state index contributed by atoms with van der Waals surface area (Å²) in [5, 5.41) is 231. The number of carboxylic acids is 7. The summed E-state index contributed by atoms with van der Waals surface area (Å²) in [6.07, 6.45) is -78.6. The van der Waals surface area contributed by atoms with Crippen LogP contribution in [-0.2, 0) is 133 Å². The Morgan fingerprint density at radius 3 is 0.571 bits per heavy atom. The van der Waals surface area contributed by atoms with Crippen LogP contribution in [0.4, 0.5) is 0 Å². The fourth-order valence-electron chi connectivity index (χ4n) is 12.5. The Morgan fingerprint density at radius 1 is 0.219 bits per heavy atom. The Kier molecular flexibility index (Phi) is 31.8. The number of ether oxygens (including phenoxy) is 21. The van der Waals surface area contributed by atoms with E-state index in [9.17, 15) is 141 Å². The maximum atomic E-state index is 12.1. The van der Waals surface area contributed by atoms with Gasteiger partial charge >= 0.3 is 41.8 Å². The highest BCUT2D eigenvalue weighted by Gasteiger charge is 2.61. The quantitative estimate of drug-likeness (QED) is 0.0346. The predicted molar refractivity (Wildman–Crippen MR) is 308 cm³/mol. The first-order valence-corrected chi connectivity index (χ1v) is 31.9. The van der Waals surface area contributed by atoms with Gasteiger partial charge < -0.3 is 207 Å². The van der Waals surface area contributed by atoms with Gasteiger partial charge in [0.25, 0.3) is 0 Å². The molecule has 0 saturated carbocycles. The molecule has 21 heterocycles. The first-order chi connectivity index (χ1) is 49.8. The second-order valence-corrected chi connectivity index (χ2v) is 24.5. The molecule has 0 amide bonds. The zero-order chi connectivity index (χ0) is 77.0.